The van der Waals surface area contributed by atoms with Crippen LogP contribution < -0.4 is 5.32 Å². The maximum Gasteiger partial charge on any atom is 0.193 e. The van der Waals surface area contributed by atoms with Crippen molar-refractivity contribution in [2.45, 2.75) is 12.6 Å². The van der Waals surface area contributed by atoms with E-state index in [1.165, 1.54) is 38.3 Å². The molecular formula is C17H26ClN5. The van der Waals surface area contributed by atoms with Gasteiger partial charge in [-0.15, -0.1) is 0 Å². The number of halogens is 1. The largest absolute Gasteiger partial charge is 0.355 e. The van der Waals surface area contributed by atoms with Crippen molar-refractivity contribution in [3.05, 3.63) is 34.9 Å². The molecule has 0 saturated carbocycles. The molecule has 1 atom stereocenters. The fraction of sp³-hybridized carbons (Fsp3) is 0.588. The second-order valence-electron chi connectivity index (χ2n) is 6.40. The van der Waals surface area contributed by atoms with Crippen LogP contribution in [0.5, 0.6) is 0 Å². The summed E-state index contributed by atoms with van der Waals surface area (Å²) in [4.78, 5) is 11.7. The van der Waals surface area contributed by atoms with E-state index >= 15 is 0 Å². The Kier molecular flexibility index (Phi) is 5.41. The van der Waals surface area contributed by atoms with E-state index in [-0.39, 0.29) is 0 Å². The van der Waals surface area contributed by atoms with Crippen LogP contribution in [-0.2, 0) is 6.54 Å². The Morgan fingerprint density at radius 2 is 2.13 bits per heavy atom. The van der Waals surface area contributed by atoms with Crippen molar-refractivity contribution in [3.63, 3.8) is 0 Å². The van der Waals surface area contributed by atoms with E-state index in [1.54, 1.807) is 0 Å². The molecule has 5 nitrogen and oxygen atoms in total. The van der Waals surface area contributed by atoms with Crippen molar-refractivity contribution in [2.75, 3.05) is 53.4 Å². The topological polar surface area (TPSA) is 34.1 Å². The molecule has 2 bridgehead atoms. The Labute approximate surface area is 143 Å². The SMILES string of the molecule is CN=C(NCC1CN2CCN1CC2)N(C)Cc1cccc(Cl)c1. The number of rotatable bonds is 4. The normalized spacial score (nSPS) is 27.1. The molecule has 3 aliphatic heterocycles. The third-order valence-electron chi connectivity index (χ3n) is 4.77. The zero-order valence-electron chi connectivity index (χ0n) is 14.0. The van der Waals surface area contributed by atoms with Gasteiger partial charge in [0.1, 0.15) is 0 Å². The summed E-state index contributed by atoms with van der Waals surface area (Å²) in [5, 5.41) is 4.31. The number of benzene rings is 1. The first-order chi connectivity index (χ1) is 11.2. The highest BCUT2D eigenvalue weighted by molar-refractivity contribution is 6.30. The lowest BCUT2D eigenvalue weighted by molar-refractivity contribution is 0.0152. The van der Waals surface area contributed by atoms with Gasteiger partial charge < -0.3 is 10.2 Å². The van der Waals surface area contributed by atoms with Crippen LogP contribution in [0.3, 0.4) is 0 Å². The molecule has 3 heterocycles. The Hall–Kier alpha value is -1.30. The van der Waals surface area contributed by atoms with Gasteiger partial charge in [-0.25, -0.2) is 0 Å². The van der Waals surface area contributed by atoms with Crippen molar-refractivity contribution in [1.82, 2.24) is 20.0 Å². The van der Waals surface area contributed by atoms with Crippen LogP contribution in [0.2, 0.25) is 5.02 Å². The molecule has 1 aromatic carbocycles. The van der Waals surface area contributed by atoms with Gasteiger partial charge in [-0.05, 0) is 17.7 Å². The average Bonchev–Trinajstić information content (AvgIpc) is 2.56. The first-order valence-electron chi connectivity index (χ1n) is 8.28. The standard InChI is InChI=1S/C17H26ClN5/c1-19-17(21(2)12-14-4-3-5-15(18)10-14)20-11-16-13-22-6-8-23(16)9-7-22/h3-5,10,16H,6-9,11-13H2,1-2H3,(H,19,20). The number of fused-ring (bicyclic) bond motifs is 3. The molecule has 0 radical (unpaired) electrons. The minimum atomic E-state index is 0.591. The van der Waals surface area contributed by atoms with Crippen molar-refractivity contribution < 1.29 is 0 Å². The van der Waals surface area contributed by atoms with Gasteiger partial charge in [0.15, 0.2) is 5.96 Å². The smallest absolute Gasteiger partial charge is 0.193 e. The fourth-order valence-electron chi connectivity index (χ4n) is 3.50. The third-order valence-corrected chi connectivity index (χ3v) is 5.01. The van der Waals surface area contributed by atoms with Gasteiger partial charge in [0.25, 0.3) is 0 Å². The zero-order valence-corrected chi connectivity index (χ0v) is 14.8. The lowest BCUT2D eigenvalue weighted by Crippen LogP contribution is -2.63. The van der Waals surface area contributed by atoms with Crippen LogP contribution in [0.15, 0.2) is 29.3 Å². The zero-order chi connectivity index (χ0) is 16.2. The highest BCUT2D eigenvalue weighted by atomic mass is 35.5. The first-order valence-corrected chi connectivity index (χ1v) is 8.66. The average molecular weight is 336 g/mol. The molecule has 0 aliphatic carbocycles. The molecule has 4 rings (SSSR count). The lowest BCUT2D eigenvalue weighted by atomic mass is 10.1. The summed E-state index contributed by atoms with van der Waals surface area (Å²) >= 11 is 6.07. The van der Waals surface area contributed by atoms with E-state index in [0.717, 1.165) is 24.1 Å². The summed E-state index contributed by atoms with van der Waals surface area (Å²) in [7, 11) is 3.90. The van der Waals surface area contributed by atoms with E-state index in [9.17, 15) is 0 Å². The van der Waals surface area contributed by atoms with Gasteiger partial charge in [-0.2, -0.15) is 0 Å². The monoisotopic (exact) mass is 335 g/mol. The molecule has 6 heteroatoms. The van der Waals surface area contributed by atoms with E-state index < -0.39 is 0 Å². The van der Waals surface area contributed by atoms with Crippen molar-refractivity contribution >= 4 is 17.6 Å². The summed E-state index contributed by atoms with van der Waals surface area (Å²) in [5.41, 5.74) is 1.19. The molecule has 3 saturated heterocycles. The van der Waals surface area contributed by atoms with Crippen LogP contribution in [0.1, 0.15) is 5.56 Å². The summed E-state index contributed by atoms with van der Waals surface area (Å²) in [5.74, 6) is 0.933. The Morgan fingerprint density at radius 3 is 2.74 bits per heavy atom. The van der Waals surface area contributed by atoms with Crippen LogP contribution in [0.25, 0.3) is 0 Å². The second-order valence-corrected chi connectivity index (χ2v) is 6.84. The number of nitrogens with zero attached hydrogens (tertiary/aromatic N) is 4. The third kappa shape index (κ3) is 4.16. The van der Waals surface area contributed by atoms with Gasteiger partial charge in [-0.3, -0.25) is 14.8 Å². The fourth-order valence-corrected chi connectivity index (χ4v) is 3.71. The van der Waals surface area contributed by atoms with Crippen LogP contribution in [0, 0.1) is 0 Å². The number of nitrogens with one attached hydrogen (secondary N) is 1. The summed E-state index contributed by atoms with van der Waals surface area (Å²) in [6.07, 6.45) is 0. The number of aliphatic imine (C=N–C) groups is 1. The molecule has 23 heavy (non-hydrogen) atoms. The van der Waals surface area contributed by atoms with E-state index in [1.807, 2.05) is 25.2 Å². The van der Waals surface area contributed by atoms with E-state index in [0.29, 0.717) is 6.04 Å². The quantitative estimate of drug-likeness (QED) is 0.665. The van der Waals surface area contributed by atoms with Gasteiger partial charge in [0.2, 0.25) is 0 Å². The molecule has 3 aliphatic rings. The molecule has 0 spiro atoms. The van der Waals surface area contributed by atoms with E-state index in [4.69, 9.17) is 11.6 Å². The molecule has 0 amide bonds. The van der Waals surface area contributed by atoms with Crippen molar-refractivity contribution in [1.29, 1.82) is 0 Å². The Bertz CT molecular complexity index is 554. The molecule has 1 N–H and O–H groups in total. The molecule has 126 valence electrons. The van der Waals surface area contributed by atoms with Gasteiger partial charge in [-0.1, -0.05) is 23.7 Å². The Balaban J connectivity index is 1.53. The molecule has 0 aromatic heterocycles. The predicted molar refractivity (Wildman–Crippen MR) is 96.1 cm³/mol. The number of hydrogen-bond donors (Lipinski definition) is 1. The first kappa shape index (κ1) is 16.6. The van der Waals surface area contributed by atoms with Crippen molar-refractivity contribution in [3.8, 4) is 0 Å². The highest BCUT2D eigenvalue weighted by Gasteiger charge is 2.31. The number of hydrogen-bond acceptors (Lipinski definition) is 3. The predicted octanol–water partition coefficient (Wildman–Crippen LogP) is 1.35. The van der Waals surface area contributed by atoms with Crippen molar-refractivity contribution in [2.24, 2.45) is 4.99 Å². The summed E-state index contributed by atoms with van der Waals surface area (Å²) in [6.45, 7) is 7.75. The number of piperazine rings is 3. The minimum absolute atomic E-state index is 0.591. The lowest BCUT2D eigenvalue weighted by Gasteiger charge is -2.47. The van der Waals surface area contributed by atoms with Gasteiger partial charge in [0.05, 0.1) is 0 Å². The molecule has 1 unspecified atom stereocenters. The highest BCUT2D eigenvalue weighted by Crippen LogP contribution is 2.15. The van der Waals surface area contributed by atoms with Gasteiger partial charge >= 0.3 is 0 Å². The van der Waals surface area contributed by atoms with Crippen LogP contribution >= 0.6 is 11.6 Å². The van der Waals surface area contributed by atoms with Crippen LogP contribution in [0.4, 0.5) is 0 Å². The Morgan fingerprint density at radius 1 is 1.35 bits per heavy atom. The molecule has 3 fully saturated rings. The molecular weight excluding hydrogens is 310 g/mol. The summed E-state index contributed by atoms with van der Waals surface area (Å²) in [6, 6.07) is 8.58. The second kappa shape index (κ2) is 7.51. The minimum Gasteiger partial charge on any atom is -0.355 e. The molecule has 1 aromatic rings. The van der Waals surface area contributed by atoms with Crippen LogP contribution in [-0.4, -0.2) is 80.1 Å². The van der Waals surface area contributed by atoms with Gasteiger partial charge in [0, 0.05) is 71.0 Å². The van der Waals surface area contributed by atoms with E-state index in [2.05, 4.69) is 38.1 Å². The maximum atomic E-state index is 6.07. The maximum absolute atomic E-state index is 6.07. The summed E-state index contributed by atoms with van der Waals surface area (Å²) < 4.78 is 0. The number of guanidine groups is 1.